The standard InChI is InChI=1S/C23H30NO2Si.2ClH.Ti/c1-15(25-5)21-20(26-27(6,7)8)14-18-17-12-10-9-11-16(17)13-19(18)22(21)24-23(2,3)4;;;/h9-12,14,24H,1-8H3;2*1H;/q-1;;;+3/p-2. The smallest absolute Gasteiger partial charge is 1.00 e. The van der Waals surface area contributed by atoms with E-state index in [1.54, 1.807) is 7.11 Å². The van der Waals surface area contributed by atoms with Gasteiger partial charge in [-0.15, -0.1) is 27.8 Å². The fraction of sp³-hybridized carbons (Fsp3) is 0.391. The van der Waals surface area contributed by atoms with Gasteiger partial charge >= 0.3 is 21.7 Å². The van der Waals surface area contributed by atoms with Crippen LogP contribution >= 0.6 is 0 Å². The van der Waals surface area contributed by atoms with Gasteiger partial charge in [0.25, 0.3) is 0 Å². The maximum atomic E-state index is 6.52. The summed E-state index contributed by atoms with van der Waals surface area (Å²) in [4.78, 5) is 0. The minimum Gasteiger partial charge on any atom is -1.00 e. The second kappa shape index (κ2) is 10.6. The van der Waals surface area contributed by atoms with E-state index in [1.165, 1.54) is 10.4 Å². The fourth-order valence-corrected chi connectivity index (χ4v) is 4.14. The predicted octanol–water partition coefficient (Wildman–Crippen LogP) is -1.80. The number of fused-ring (bicyclic) bond motifs is 2. The average molecular weight is 499 g/mol. The summed E-state index contributed by atoms with van der Waals surface area (Å²) in [6.45, 7) is 15.1. The van der Waals surface area contributed by atoms with E-state index in [2.05, 4.69) is 82.1 Å². The van der Waals surface area contributed by atoms with Gasteiger partial charge in [-0.1, -0.05) is 29.8 Å². The van der Waals surface area contributed by atoms with Crippen molar-refractivity contribution in [3.05, 3.63) is 56.8 Å². The van der Waals surface area contributed by atoms with Crippen LogP contribution in [0.5, 0.6) is 5.75 Å². The summed E-state index contributed by atoms with van der Waals surface area (Å²) in [5, 5.41) is 8.18. The first-order valence-corrected chi connectivity index (χ1v) is 12.8. The maximum Gasteiger partial charge on any atom is 3.00 e. The molecule has 0 atom stereocenters. The molecule has 0 bridgehead atoms. The Morgan fingerprint density at radius 3 is 2.17 bits per heavy atom. The first-order chi connectivity index (χ1) is 12.5. The Balaban J connectivity index is 0.00000280. The Labute approximate surface area is 208 Å². The van der Waals surface area contributed by atoms with Crippen molar-refractivity contribution in [2.24, 2.45) is 0 Å². The predicted molar refractivity (Wildman–Crippen MR) is 116 cm³/mol. The molecule has 30 heavy (non-hydrogen) atoms. The van der Waals surface area contributed by atoms with Crippen LogP contribution in [0.4, 0.5) is 5.69 Å². The molecular formula is C23H30Cl2NO2SiTi. The summed E-state index contributed by atoms with van der Waals surface area (Å²) in [6.07, 6.45) is 3.60. The molecule has 2 aromatic carbocycles. The third-order valence-corrected chi connectivity index (χ3v) is 5.17. The Bertz CT molecular complexity index is 1110. The number of anilines is 1. The molecule has 0 aromatic heterocycles. The number of hydrogen-bond acceptors (Lipinski definition) is 3. The van der Waals surface area contributed by atoms with Crippen molar-refractivity contribution in [2.45, 2.75) is 52.9 Å². The van der Waals surface area contributed by atoms with Crippen molar-refractivity contribution >= 4 is 25.8 Å². The van der Waals surface area contributed by atoms with Crippen molar-refractivity contribution in [3.8, 4) is 5.75 Å². The molecule has 1 N–H and O–H groups in total. The first-order valence-electron chi connectivity index (χ1n) is 9.43. The molecule has 0 aliphatic heterocycles. The van der Waals surface area contributed by atoms with Crippen LogP contribution in [0.3, 0.4) is 0 Å². The number of halogens is 2. The van der Waals surface area contributed by atoms with Crippen molar-refractivity contribution in [3.63, 3.8) is 0 Å². The van der Waals surface area contributed by atoms with E-state index >= 15 is 0 Å². The molecule has 0 spiro atoms. The maximum absolute atomic E-state index is 6.52. The summed E-state index contributed by atoms with van der Waals surface area (Å²) >= 11 is 0. The minimum atomic E-state index is -1.81. The molecule has 3 nitrogen and oxygen atoms in total. The third kappa shape index (κ3) is 6.30. The van der Waals surface area contributed by atoms with Gasteiger partial charge in [-0.25, -0.2) is 0 Å². The van der Waals surface area contributed by atoms with Gasteiger partial charge in [-0.05, 0) is 53.0 Å². The summed E-state index contributed by atoms with van der Waals surface area (Å²) in [6, 6.07) is 10.6. The van der Waals surface area contributed by atoms with E-state index in [1.807, 2.05) is 6.92 Å². The van der Waals surface area contributed by atoms with E-state index in [-0.39, 0.29) is 52.1 Å². The van der Waals surface area contributed by atoms with Gasteiger partial charge in [0.1, 0.15) is 5.75 Å². The zero-order valence-corrected chi connectivity index (χ0v) is 23.0. The first kappa shape index (κ1) is 29.1. The molecule has 7 heteroatoms. The molecule has 0 amide bonds. The number of methoxy groups -OCH3 is 1. The molecule has 1 aliphatic carbocycles. The van der Waals surface area contributed by atoms with E-state index in [9.17, 15) is 0 Å². The Morgan fingerprint density at radius 1 is 1.03 bits per heavy atom. The van der Waals surface area contributed by atoms with Gasteiger partial charge in [0.15, 0.2) is 0 Å². The van der Waals surface area contributed by atoms with Gasteiger partial charge in [0, 0.05) is 10.8 Å². The minimum absolute atomic E-state index is 0. The zero-order chi connectivity index (χ0) is 20.0. The van der Waals surface area contributed by atoms with E-state index in [0.717, 1.165) is 33.2 Å². The summed E-state index contributed by atoms with van der Waals surface area (Å²) in [5.74, 6) is 1.73. The number of benzene rings is 2. The van der Waals surface area contributed by atoms with Crippen molar-refractivity contribution in [2.75, 3.05) is 12.4 Å². The molecule has 3 rings (SSSR count). The quantitative estimate of drug-likeness (QED) is 0.340. The fourth-order valence-electron chi connectivity index (χ4n) is 3.32. The normalized spacial score (nSPS) is 12.7. The third-order valence-electron chi connectivity index (χ3n) is 4.34. The zero-order valence-electron chi connectivity index (χ0n) is 19.0. The molecular weight excluding hydrogens is 469 g/mol. The molecule has 0 saturated carbocycles. The summed E-state index contributed by atoms with van der Waals surface area (Å²) in [7, 11) is -0.0988. The van der Waals surface area contributed by atoms with E-state index in [4.69, 9.17) is 9.16 Å². The molecule has 0 saturated heterocycles. The number of rotatable bonds is 4. The molecule has 1 radical (unpaired) electrons. The largest absolute Gasteiger partial charge is 3.00 e. The Kier molecular flexibility index (Phi) is 10.3. The van der Waals surface area contributed by atoms with Crippen LogP contribution in [0.2, 0.25) is 19.6 Å². The number of nitrogens with one attached hydrogen (secondary N) is 1. The summed E-state index contributed by atoms with van der Waals surface area (Å²) in [5.41, 5.74) is 2.01. The van der Waals surface area contributed by atoms with Crippen LogP contribution in [-0.4, -0.2) is 21.0 Å². The van der Waals surface area contributed by atoms with Crippen LogP contribution in [0.15, 0.2) is 30.3 Å². The van der Waals surface area contributed by atoms with Gasteiger partial charge in [-0.3, -0.25) is 0 Å². The van der Waals surface area contributed by atoms with Crippen LogP contribution in [-0.2, 0) is 26.5 Å². The van der Waals surface area contributed by atoms with E-state index < -0.39 is 8.32 Å². The van der Waals surface area contributed by atoms with Gasteiger partial charge in [0.05, 0.1) is 12.9 Å². The molecule has 2 aromatic rings. The second-order valence-corrected chi connectivity index (χ2v) is 13.5. The van der Waals surface area contributed by atoms with Crippen LogP contribution in [0.1, 0.15) is 33.3 Å². The Morgan fingerprint density at radius 2 is 1.63 bits per heavy atom. The molecule has 0 heterocycles. The molecule has 1 aliphatic rings. The van der Waals surface area contributed by atoms with Crippen molar-refractivity contribution < 1.29 is 55.7 Å². The van der Waals surface area contributed by atoms with Crippen LogP contribution < -0.4 is 45.0 Å². The second-order valence-electron chi connectivity index (χ2n) is 9.07. The van der Waals surface area contributed by atoms with E-state index in [0.29, 0.717) is 0 Å². The molecule has 0 fully saturated rings. The number of hydrogen-bond donors (Lipinski definition) is 1. The van der Waals surface area contributed by atoms with Gasteiger partial charge in [-0.2, -0.15) is 0 Å². The monoisotopic (exact) mass is 498 g/mol. The van der Waals surface area contributed by atoms with Gasteiger partial charge in [0.2, 0.25) is 8.32 Å². The van der Waals surface area contributed by atoms with Gasteiger partial charge < -0.3 is 39.3 Å². The SMILES string of the molecule is COC(C)=c1c(O[Si](C)(C)C)cc2c(c1NC(C)(C)C)[C-]=c1ccccc1=2.[Cl-].[Cl-].[Ti+3]. The van der Waals surface area contributed by atoms with Crippen molar-refractivity contribution in [1.29, 1.82) is 0 Å². The number of ether oxygens (including phenoxy) is 1. The van der Waals surface area contributed by atoms with Crippen molar-refractivity contribution in [1.82, 2.24) is 0 Å². The summed E-state index contributed by atoms with van der Waals surface area (Å²) < 4.78 is 12.2. The molecule has 161 valence electrons. The molecule has 0 unspecified atom stereocenters. The van der Waals surface area contributed by atoms with Crippen LogP contribution in [0, 0.1) is 10.4 Å². The van der Waals surface area contributed by atoms with Crippen LogP contribution in [0.25, 0.3) is 11.8 Å². The average Bonchev–Trinajstić information content (AvgIpc) is 2.90. The Hall–Kier alpha value is -0.909. The topological polar surface area (TPSA) is 30.5 Å².